The van der Waals surface area contributed by atoms with Crippen molar-refractivity contribution in [3.63, 3.8) is 0 Å². The minimum atomic E-state index is -1.11. The average Bonchev–Trinajstić information content (AvgIpc) is 2.88. The van der Waals surface area contributed by atoms with Gasteiger partial charge in [-0.15, -0.1) is 0 Å². The minimum Gasteiger partial charge on any atom is -0.453 e. The van der Waals surface area contributed by atoms with Crippen molar-refractivity contribution in [2.45, 2.75) is 25.9 Å². The molecule has 1 heterocycles. The second kappa shape index (κ2) is 8.22. The van der Waals surface area contributed by atoms with Crippen LogP contribution in [0, 0.1) is 5.82 Å². The number of urea groups is 1. The Morgan fingerprint density at radius 1 is 1.36 bits per heavy atom. The van der Waals surface area contributed by atoms with Crippen LogP contribution in [-0.2, 0) is 19.1 Å². The summed E-state index contributed by atoms with van der Waals surface area (Å²) in [6.07, 6.45) is -0.947. The molecule has 1 saturated heterocycles. The van der Waals surface area contributed by atoms with Gasteiger partial charge in [-0.25, -0.2) is 9.18 Å². The van der Waals surface area contributed by atoms with Crippen LogP contribution in [0.1, 0.15) is 19.8 Å². The summed E-state index contributed by atoms with van der Waals surface area (Å²) in [5.41, 5.74) is -0.00560. The smallest absolute Gasteiger partial charge is 0.324 e. The quantitative estimate of drug-likeness (QED) is 0.564. The lowest BCUT2D eigenvalue weighted by Crippen LogP contribution is -2.33. The lowest BCUT2D eigenvalue weighted by molar-refractivity contribution is -0.153. The molecule has 0 saturated carbocycles. The van der Waals surface area contributed by atoms with Crippen molar-refractivity contribution in [1.29, 1.82) is 0 Å². The first-order chi connectivity index (χ1) is 11.9. The van der Waals surface area contributed by atoms with E-state index in [2.05, 4.69) is 10.6 Å². The molecule has 4 amide bonds. The van der Waals surface area contributed by atoms with Gasteiger partial charge in [0.2, 0.25) is 5.91 Å². The number of anilines is 1. The number of imide groups is 1. The van der Waals surface area contributed by atoms with Crippen LogP contribution < -0.4 is 10.6 Å². The van der Waals surface area contributed by atoms with Crippen molar-refractivity contribution < 1.29 is 28.3 Å². The standard InChI is InChI=1S/C16H18FN3O5/c1-10(15(23)19-12-6-3-2-5-11(12)17)25-14(22)7-4-8-20-13(21)9-18-16(20)24/h2-3,5-6,10H,4,7-9H2,1H3,(H,18,24)(H,19,23). The SMILES string of the molecule is CC(OC(=O)CCCN1C(=O)CNC1=O)C(=O)Nc1ccccc1F. The summed E-state index contributed by atoms with van der Waals surface area (Å²) >= 11 is 0. The largest absolute Gasteiger partial charge is 0.453 e. The number of amides is 4. The molecule has 1 aromatic carbocycles. The predicted molar refractivity (Wildman–Crippen MR) is 84.9 cm³/mol. The van der Waals surface area contributed by atoms with E-state index >= 15 is 0 Å². The normalized spacial score (nSPS) is 14.9. The van der Waals surface area contributed by atoms with E-state index in [0.717, 1.165) is 4.90 Å². The fraction of sp³-hybridized carbons (Fsp3) is 0.375. The van der Waals surface area contributed by atoms with Crippen molar-refractivity contribution >= 4 is 29.5 Å². The highest BCUT2D eigenvalue weighted by Gasteiger charge is 2.28. The summed E-state index contributed by atoms with van der Waals surface area (Å²) in [6.45, 7) is 1.41. The summed E-state index contributed by atoms with van der Waals surface area (Å²) in [7, 11) is 0. The maximum absolute atomic E-state index is 13.5. The van der Waals surface area contributed by atoms with Crippen LogP contribution in [0.3, 0.4) is 0 Å². The molecule has 0 aliphatic carbocycles. The maximum atomic E-state index is 13.5. The second-order valence-electron chi connectivity index (χ2n) is 5.41. The summed E-state index contributed by atoms with van der Waals surface area (Å²) in [6, 6.07) is 5.14. The molecule has 134 valence electrons. The number of para-hydroxylation sites is 1. The Balaban J connectivity index is 1.74. The molecule has 0 spiro atoms. The lowest BCUT2D eigenvalue weighted by Gasteiger charge is -2.15. The number of hydrogen-bond donors (Lipinski definition) is 2. The van der Waals surface area contributed by atoms with Gasteiger partial charge in [0.05, 0.1) is 12.2 Å². The number of hydrogen-bond acceptors (Lipinski definition) is 5. The summed E-state index contributed by atoms with van der Waals surface area (Å²) in [5, 5.41) is 4.70. The Labute approximate surface area is 143 Å². The van der Waals surface area contributed by atoms with Gasteiger partial charge in [-0.1, -0.05) is 12.1 Å². The van der Waals surface area contributed by atoms with E-state index < -0.39 is 29.8 Å². The first kappa shape index (κ1) is 18.4. The van der Waals surface area contributed by atoms with Crippen molar-refractivity contribution in [3.8, 4) is 0 Å². The predicted octanol–water partition coefficient (Wildman–Crippen LogP) is 1.03. The molecule has 1 fully saturated rings. The molecule has 1 atom stereocenters. The monoisotopic (exact) mass is 351 g/mol. The van der Waals surface area contributed by atoms with E-state index in [1.54, 1.807) is 6.07 Å². The van der Waals surface area contributed by atoms with Gasteiger partial charge in [0.15, 0.2) is 6.10 Å². The molecule has 1 aromatic rings. The van der Waals surface area contributed by atoms with E-state index in [9.17, 15) is 23.6 Å². The van der Waals surface area contributed by atoms with Crippen molar-refractivity contribution in [1.82, 2.24) is 10.2 Å². The van der Waals surface area contributed by atoms with Gasteiger partial charge in [0.1, 0.15) is 5.82 Å². The first-order valence-corrected chi connectivity index (χ1v) is 7.71. The number of halogens is 1. The van der Waals surface area contributed by atoms with Crippen LogP contribution in [-0.4, -0.2) is 47.9 Å². The van der Waals surface area contributed by atoms with Crippen molar-refractivity contribution in [2.75, 3.05) is 18.4 Å². The Morgan fingerprint density at radius 3 is 2.72 bits per heavy atom. The molecule has 0 aromatic heterocycles. The summed E-state index contributed by atoms with van der Waals surface area (Å²) < 4.78 is 18.4. The van der Waals surface area contributed by atoms with Gasteiger partial charge in [-0.3, -0.25) is 19.3 Å². The minimum absolute atomic E-state index is 0.00560. The zero-order valence-corrected chi connectivity index (χ0v) is 13.6. The van der Waals surface area contributed by atoms with E-state index in [1.165, 1.54) is 25.1 Å². The topological polar surface area (TPSA) is 105 Å². The Bertz CT molecular complexity index is 678. The molecule has 0 bridgehead atoms. The van der Waals surface area contributed by atoms with E-state index in [1.807, 2.05) is 0 Å². The number of ether oxygens (including phenoxy) is 1. The highest BCUT2D eigenvalue weighted by molar-refractivity contribution is 6.01. The zero-order valence-electron chi connectivity index (χ0n) is 13.6. The van der Waals surface area contributed by atoms with Crippen LogP contribution in [0.25, 0.3) is 0 Å². The number of carbonyl (C=O) groups excluding carboxylic acids is 4. The van der Waals surface area contributed by atoms with Crippen LogP contribution in [0.2, 0.25) is 0 Å². The first-order valence-electron chi connectivity index (χ1n) is 7.71. The molecule has 2 N–H and O–H groups in total. The Kier molecular flexibility index (Phi) is 6.04. The van der Waals surface area contributed by atoms with Gasteiger partial charge < -0.3 is 15.4 Å². The van der Waals surface area contributed by atoms with Crippen LogP contribution in [0.4, 0.5) is 14.9 Å². The maximum Gasteiger partial charge on any atom is 0.324 e. The number of esters is 1. The van der Waals surface area contributed by atoms with Gasteiger partial charge in [0.25, 0.3) is 5.91 Å². The second-order valence-corrected chi connectivity index (χ2v) is 5.41. The van der Waals surface area contributed by atoms with Crippen LogP contribution >= 0.6 is 0 Å². The Morgan fingerprint density at radius 2 is 2.08 bits per heavy atom. The van der Waals surface area contributed by atoms with Gasteiger partial charge in [-0.2, -0.15) is 0 Å². The fourth-order valence-corrected chi connectivity index (χ4v) is 2.17. The number of nitrogens with one attached hydrogen (secondary N) is 2. The van der Waals surface area contributed by atoms with E-state index in [4.69, 9.17) is 4.74 Å². The number of benzene rings is 1. The molecule has 1 unspecified atom stereocenters. The summed E-state index contributed by atoms with van der Waals surface area (Å²) in [4.78, 5) is 47.4. The molecule has 25 heavy (non-hydrogen) atoms. The fourth-order valence-electron chi connectivity index (χ4n) is 2.17. The number of nitrogens with zero attached hydrogens (tertiary/aromatic N) is 1. The van der Waals surface area contributed by atoms with Gasteiger partial charge in [-0.05, 0) is 25.5 Å². The third-order valence-electron chi connectivity index (χ3n) is 3.51. The molecule has 9 heteroatoms. The van der Waals surface area contributed by atoms with E-state index in [-0.39, 0.29) is 37.5 Å². The van der Waals surface area contributed by atoms with E-state index in [0.29, 0.717) is 0 Å². The van der Waals surface area contributed by atoms with Gasteiger partial charge in [0, 0.05) is 13.0 Å². The molecule has 8 nitrogen and oxygen atoms in total. The molecule has 1 aliphatic rings. The van der Waals surface area contributed by atoms with Crippen molar-refractivity contribution in [3.05, 3.63) is 30.1 Å². The van der Waals surface area contributed by atoms with Crippen LogP contribution in [0.15, 0.2) is 24.3 Å². The third-order valence-corrected chi connectivity index (χ3v) is 3.51. The Hall–Kier alpha value is -2.97. The third kappa shape index (κ3) is 5.00. The number of rotatable bonds is 7. The van der Waals surface area contributed by atoms with Crippen molar-refractivity contribution in [2.24, 2.45) is 0 Å². The highest BCUT2D eigenvalue weighted by Crippen LogP contribution is 2.13. The lowest BCUT2D eigenvalue weighted by atomic mass is 10.2. The molecular weight excluding hydrogens is 333 g/mol. The zero-order chi connectivity index (χ0) is 18.4. The van der Waals surface area contributed by atoms with Crippen LogP contribution in [0.5, 0.6) is 0 Å². The van der Waals surface area contributed by atoms with Gasteiger partial charge >= 0.3 is 12.0 Å². The number of carbonyl (C=O) groups is 4. The summed E-state index contributed by atoms with van der Waals surface area (Å²) in [5.74, 6) is -2.25. The molecule has 2 rings (SSSR count). The molecule has 1 aliphatic heterocycles. The molecule has 0 radical (unpaired) electrons. The highest BCUT2D eigenvalue weighted by atomic mass is 19.1. The average molecular weight is 351 g/mol. The molecular formula is C16H18FN3O5.